The van der Waals surface area contributed by atoms with Gasteiger partial charge in [0.1, 0.15) is 0 Å². The molecule has 0 aliphatic heterocycles. The maximum atomic E-state index is 12.4. The summed E-state index contributed by atoms with van der Waals surface area (Å²) in [6.45, 7) is 4.36. The van der Waals surface area contributed by atoms with Crippen LogP contribution in [-0.2, 0) is 4.79 Å². The molecule has 1 amide bonds. The topological polar surface area (TPSA) is 69.6 Å². The molecule has 0 radical (unpaired) electrons. The van der Waals surface area contributed by atoms with E-state index in [0.717, 1.165) is 25.7 Å². The van der Waals surface area contributed by atoms with Crippen molar-refractivity contribution in [3.63, 3.8) is 0 Å². The first kappa shape index (κ1) is 44.1. The minimum absolute atomic E-state index is 0.0344. The molecule has 0 aliphatic rings. The van der Waals surface area contributed by atoms with E-state index in [-0.39, 0.29) is 12.5 Å². The molecule has 0 aromatic carbocycles. The molecule has 0 heterocycles. The molecule has 2 unspecified atom stereocenters. The molecule has 268 valence electrons. The highest BCUT2D eigenvalue weighted by molar-refractivity contribution is 5.76. The smallest absolute Gasteiger partial charge is 0.220 e. The van der Waals surface area contributed by atoms with Gasteiger partial charge in [0.2, 0.25) is 5.91 Å². The van der Waals surface area contributed by atoms with Crippen molar-refractivity contribution in [1.29, 1.82) is 0 Å². The number of aliphatic hydroxyl groups excluding tert-OH is 2. The molecular weight excluding hydrogens is 554 g/mol. The Morgan fingerprint density at radius 1 is 0.511 bits per heavy atom. The van der Waals surface area contributed by atoms with Crippen molar-refractivity contribution in [2.24, 2.45) is 0 Å². The number of carbonyl (C=O) groups excluding carboxylic acids is 1. The maximum absolute atomic E-state index is 12.4. The van der Waals surface area contributed by atoms with Crippen LogP contribution in [0.2, 0.25) is 0 Å². The Balaban J connectivity index is 3.53. The van der Waals surface area contributed by atoms with Crippen molar-refractivity contribution in [3.05, 3.63) is 12.2 Å². The number of aliphatic hydroxyl groups is 2. The number of unbranched alkanes of at least 4 members (excludes halogenated alkanes) is 28. The Labute approximate surface area is 282 Å². The van der Waals surface area contributed by atoms with Gasteiger partial charge in [-0.3, -0.25) is 4.79 Å². The highest BCUT2D eigenvalue weighted by atomic mass is 16.3. The lowest BCUT2D eigenvalue weighted by molar-refractivity contribution is -0.123. The predicted molar refractivity (Wildman–Crippen MR) is 198 cm³/mol. The third-order valence-corrected chi connectivity index (χ3v) is 9.53. The van der Waals surface area contributed by atoms with Crippen molar-refractivity contribution >= 4 is 5.91 Å². The van der Waals surface area contributed by atoms with Crippen molar-refractivity contribution in [3.8, 4) is 0 Å². The molecule has 0 bridgehead atoms. The van der Waals surface area contributed by atoms with Gasteiger partial charge in [-0.05, 0) is 38.5 Å². The van der Waals surface area contributed by atoms with Crippen molar-refractivity contribution < 1.29 is 15.0 Å². The van der Waals surface area contributed by atoms with E-state index in [9.17, 15) is 15.0 Å². The van der Waals surface area contributed by atoms with E-state index < -0.39 is 12.1 Å². The van der Waals surface area contributed by atoms with Crippen LogP contribution in [0.25, 0.3) is 0 Å². The Morgan fingerprint density at radius 2 is 0.844 bits per heavy atom. The summed E-state index contributed by atoms with van der Waals surface area (Å²) in [6.07, 6.45) is 45.6. The van der Waals surface area contributed by atoms with E-state index in [1.54, 1.807) is 0 Å². The molecule has 2 atom stereocenters. The fraction of sp³-hybridized carbons (Fsp3) is 0.927. The molecule has 3 N–H and O–H groups in total. The molecule has 4 nitrogen and oxygen atoms in total. The van der Waals surface area contributed by atoms with Crippen LogP contribution in [0.3, 0.4) is 0 Å². The highest BCUT2D eigenvalue weighted by Gasteiger charge is 2.19. The minimum atomic E-state index is -0.656. The van der Waals surface area contributed by atoms with Gasteiger partial charge in [0.05, 0.1) is 18.8 Å². The summed E-state index contributed by atoms with van der Waals surface area (Å²) in [7, 11) is 0. The molecule has 45 heavy (non-hydrogen) atoms. The quantitative estimate of drug-likeness (QED) is 0.0470. The Morgan fingerprint density at radius 3 is 1.22 bits per heavy atom. The molecular formula is C41H81NO3. The summed E-state index contributed by atoms with van der Waals surface area (Å²) in [5.41, 5.74) is 0. The number of amides is 1. The lowest BCUT2D eigenvalue weighted by atomic mass is 10.0. The second-order valence-electron chi connectivity index (χ2n) is 14.1. The van der Waals surface area contributed by atoms with Crippen LogP contribution in [0, 0.1) is 0 Å². The lowest BCUT2D eigenvalue weighted by Crippen LogP contribution is -2.45. The number of nitrogens with one attached hydrogen (secondary N) is 1. The van der Waals surface area contributed by atoms with Gasteiger partial charge in [0.15, 0.2) is 0 Å². The van der Waals surface area contributed by atoms with Crippen LogP contribution in [0.15, 0.2) is 12.2 Å². The zero-order valence-corrected chi connectivity index (χ0v) is 30.7. The third kappa shape index (κ3) is 34.3. The van der Waals surface area contributed by atoms with Crippen LogP contribution in [0.1, 0.15) is 226 Å². The van der Waals surface area contributed by atoms with E-state index in [4.69, 9.17) is 0 Å². The number of carbonyl (C=O) groups is 1. The SMILES string of the molecule is CCCCCCCCC/C=C\CCCCCCCCCC(=O)NC(CO)C(O)CCCCCCCCCCCCCCCCC. The molecule has 0 fully saturated rings. The highest BCUT2D eigenvalue weighted by Crippen LogP contribution is 2.15. The molecule has 0 aromatic rings. The van der Waals surface area contributed by atoms with Crippen LogP contribution in [0.4, 0.5) is 0 Å². The molecule has 4 heteroatoms. The zero-order chi connectivity index (χ0) is 32.9. The summed E-state index contributed by atoms with van der Waals surface area (Å²) < 4.78 is 0. The van der Waals surface area contributed by atoms with Crippen molar-refractivity contribution in [1.82, 2.24) is 5.32 Å². The second-order valence-corrected chi connectivity index (χ2v) is 14.1. The Hall–Kier alpha value is -0.870. The fourth-order valence-electron chi connectivity index (χ4n) is 6.36. The molecule has 0 saturated heterocycles. The van der Waals surface area contributed by atoms with Crippen LogP contribution < -0.4 is 5.32 Å². The van der Waals surface area contributed by atoms with Gasteiger partial charge in [-0.25, -0.2) is 0 Å². The van der Waals surface area contributed by atoms with Gasteiger partial charge >= 0.3 is 0 Å². The third-order valence-electron chi connectivity index (χ3n) is 9.53. The number of hydrogen-bond donors (Lipinski definition) is 3. The number of rotatable bonds is 37. The summed E-state index contributed by atoms with van der Waals surface area (Å²) in [6, 6.07) is -0.534. The molecule has 0 rings (SSSR count). The van der Waals surface area contributed by atoms with Crippen LogP contribution in [0.5, 0.6) is 0 Å². The summed E-state index contributed by atoms with van der Waals surface area (Å²) in [4.78, 5) is 12.4. The summed E-state index contributed by atoms with van der Waals surface area (Å²) >= 11 is 0. The van der Waals surface area contributed by atoms with Crippen LogP contribution >= 0.6 is 0 Å². The van der Waals surface area contributed by atoms with Gasteiger partial charge < -0.3 is 15.5 Å². The van der Waals surface area contributed by atoms with Gasteiger partial charge in [0.25, 0.3) is 0 Å². The van der Waals surface area contributed by atoms with Gasteiger partial charge in [0, 0.05) is 6.42 Å². The largest absolute Gasteiger partial charge is 0.394 e. The molecule has 0 saturated carbocycles. The first-order valence-corrected chi connectivity index (χ1v) is 20.4. The Bertz CT molecular complexity index is 608. The molecule has 0 aromatic heterocycles. The monoisotopic (exact) mass is 636 g/mol. The fourth-order valence-corrected chi connectivity index (χ4v) is 6.36. The first-order valence-electron chi connectivity index (χ1n) is 20.4. The minimum Gasteiger partial charge on any atom is -0.394 e. The number of allylic oxidation sites excluding steroid dienone is 2. The summed E-state index contributed by atoms with van der Waals surface area (Å²) in [5, 5.41) is 23.1. The molecule has 0 spiro atoms. The van der Waals surface area contributed by atoms with E-state index >= 15 is 0 Å². The average molecular weight is 636 g/mol. The van der Waals surface area contributed by atoms with Gasteiger partial charge in [-0.2, -0.15) is 0 Å². The average Bonchev–Trinajstić information content (AvgIpc) is 3.04. The lowest BCUT2D eigenvalue weighted by Gasteiger charge is -2.22. The van der Waals surface area contributed by atoms with E-state index in [1.807, 2.05) is 0 Å². The first-order chi connectivity index (χ1) is 22.2. The second kappa shape index (κ2) is 37.6. The normalized spacial score (nSPS) is 13.1. The summed E-state index contributed by atoms with van der Waals surface area (Å²) in [5.74, 6) is -0.0344. The van der Waals surface area contributed by atoms with Crippen LogP contribution in [-0.4, -0.2) is 34.9 Å². The maximum Gasteiger partial charge on any atom is 0.220 e. The van der Waals surface area contributed by atoms with Gasteiger partial charge in [-0.1, -0.05) is 193 Å². The molecule has 0 aliphatic carbocycles. The predicted octanol–water partition coefficient (Wildman–Crippen LogP) is 12.3. The van der Waals surface area contributed by atoms with E-state index in [2.05, 4.69) is 31.3 Å². The van der Waals surface area contributed by atoms with Crippen molar-refractivity contribution in [2.45, 2.75) is 238 Å². The standard InChI is InChI=1S/C41H81NO3/c1-3-5-7-9-11-13-15-17-19-20-21-23-25-27-29-31-33-35-37-41(45)42-39(38-43)40(44)36-34-32-30-28-26-24-22-18-16-14-12-10-8-6-4-2/h19-20,39-40,43-44H,3-18,21-38H2,1-2H3,(H,42,45)/b20-19-. The Kier molecular flexibility index (Phi) is 36.9. The van der Waals surface area contributed by atoms with Gasteiger partial charge in [-0.15, -0.1) is 0 Å². The number of hydrogen-bond acceptors (Lipinski definition) is 3. The van der Waals surface area contributed by atoms with Crippen molar-refractivity contribution in [2.75, 3.05) is 6.61 Å². The van der Waals surface area contributed by atoms with E-state index in [0.29, 0.717) is 12.8 Å². The van der Waals surface area contributed by atoms with E-state index in [1.165, 1.54) is 173 Å². The zero-order valence-electron chi connectivity index (χ0n) is 30.7.